The second-order valence-corrected chi connectivity index (χ2v) is 6.52. The summed E-state index contributed by atoms with van der Waals surface area (Å²) in [5.41, 5.74) is 2.45. The molecule has 3 rings (SSSR count). The lowest BCUT2D eigenvalue weighted by Crippen LogP contribution is -2.55. The van der Waals surface area contributed by atoms with Crippen molar-refractivity contribution in [3.63, 3.8) is 0 Å². The van der Waals surface area contributed by atoms with Gasteiger partial charge in [-0.05, 0) is 30.4 Å². The molecule has 2 bridgehead atoms. The lowest BCUT2D eigenvalue weighted by Gasteiger charge is -2.41. The number of piperazine rings is 1. The largest absolute Gasteiger partial charge is 0.334 e. The fourth-order valence-electron chi connectivity index (χ4n) is 3.87. The molecule has 1 amide bonds. The molecule has 1 aromatic rings. The van der Waals surface area contributed by atoms with Gasteiger partial charge in [0.2, 0.25) is 5.91 Å². The Hall–Kier alpha value is -1.61. The quantitative estimate of drug-likeness (QED) is 0.833. The van der Waals surface area contributed by atoms with Gasteiger partial charge in [-0.2, -0.15) is 0 Å². The Balaban J connectivity index is 1.54. The highest BCUT2D eigenvalue weighted by Crippen LogP contribution is 2.31. The molecule has 0 N–H and O–H groups in total. The third-order valence-corrected chi connectivity index (χ3v) is 5.06. The van der Waals surface area contributed by atoms with Crippen molar-refractivity contribution in [2.24, 2.45) is 0 Å². The van der Waals surface area contributed by atoms with E-state index in [9.17, 15) is 4.79 Å². The first-order chi connectivity index (χ1) is 10.7. The van der Waals surface area contributed by atoms with Gasteiger partial charge in [0.15, 0.2) is 0 Å². The van der Waals surface area contributed by atoms with Crippen molar-refractivity contribution in [2.45, 2.75) is 44.7 Å². The fraction of sp³-hybridized carbons (Fsp3) is 0.526. The third kappa shape index (κ3) is 3.09. The molecule has 1 aromatic carbocycles. The Bertz CT molecular complexity index is 526. The molecule has 2 aliphatic rings. The fourth-order valence-corrected chi connectivity index (χ4v) is 3.87. The minimum Gasteiger partial charge on any atom is -0.334 e. The zero-order valence-corrected chi connectivity index (χ0v) is 13.5. The van der Waals surface area contributed by atoms with Gasteiger partial charge in [0.25, 0.3) is 0 Å². The second-order valence-electron chi connectivity index (χ2n) is 6.52. The number of hydrogen-bond donors (Lipinski definition) is 0. The van der Waals surface area contributed by atoms with E-state index in [0.717, 1.165) is 26.1 Å². The number of nitrogens with zero attached hydrogens (tertiary/aromatic N) is 2. The van der Waals surface area contributed by atoms with Crippen molar-refractivity contribution in [1.82, 2.24) is 9.80 Å². The molecule has 2 aliphatic heterocycles. The van der Waals surface area contributed by atoms with Gasteiger partial charge in [-0.1, -0.05) is 43.8 Å². The number of hydrogen-bond acceptors (Lipinski definition) is 2. The molecule has 2 unspecified atom stereocenters. The number of likely N-dealkylation sites (tertiary alicyclic amines) is 1. The molecule has 3 heteroatoms. The molecule has 2 fully saturated rings. The Morgan fingerprint density at radius 2 is 1.82 bits per heavy atom. The predicted molar refractivity (Wildman–Crippen MR) is 90.5 cm³/mol. The maximum Gasteiger partial charge on any atom is 0.222 e. The lowest BCUT2D eigenvalue weighted by molar-refractivity contribution is -0.136. The van der Waals surface area contributed by atoms with E-state index in [2.05, 4.69) is 40.6 Å². The van der Waals surface area contributed by atoms with E-state index in [0.29, 0.717) is 24.4 Å². The van der Waals surface area contributed by atoms with E-state index in [-0.39, 0.29) is 0 Å². The van der Waals surface area contributed by atoms with Crippen molar-refractivity contribution in [3.8, 4) is 0 Å². The molecule has 2 saturated heterocycles. The molecule has 3 nitrogen and oxygen atoms in total. The molecule has 2 heterocycles. The van der Waals surface area contributed by atoms with Gasteiger partial charge in [-0.25, -0.2) is 0 Å². The summed E-state index contributed by atoms with van der Waals surface area (Å²) in [4.78, 5) is 16.8. The molecule has 22 heavy (non-hydrogen) atoms. The van der Waals surface area contributed by atoms with Crippen LogP contribution in [0.2, 0.25) is 0 Å². The van der Waals surface area contributed by atoms with Gasteiger partial charge in [-0.3, -0.25) is 9.69 Å². The summed E-state index contributed by atoms with van der Waals surface area (Å²) in [6.07, 6.45) is 3.99. The van der Waals surface area contributed by atoms with Crippen LogP contribution < -0.4 is 0 Å². The molecular formula is C19H26N2O. The highest BCUT2D eigenvalue weighted by molar-refractivity contribution is 5.77. The molecule has 0 aromatic heterocycles. The van der Waals surface area contributed by atoms with Crippen LogP contribution in [0.15, 0.2) is 36.9 Å². The molecule has 2 atom stereocenters. The van der Waals surface area contributed by atoms with Gasteiger partial charge in [-0.15, -0.1) is 0 Å². The van der Waals surface area contributed by atoms with Crippen molar-refractivity contribution < 1.29 is 4.79 Å². The van der Waals surface area contributed by atoms with E-state index in [1.54, 1.807) is 0 Å². The number of fused-ring (bicyclic) bond motifs is 2. The lowest BCUT2D eigenvalue weighted by atomic mass is 10.0. The van der Waals surface area contributed by atoms with E-state index < -0.39 is 0 Å². The summed E-state index contributed by atoms with van der Waals surface area (Å²) in [5.74, 6) is 0.334. The zero-order chi connectivity index (χ0) is 15.5. The number of benzene rings is 1. The minimum atomic E-state index is 0.334. The van der Waals surface area contributed by atoms with Crippen LogP contribution in [0.5, 0.6) is 0 Å². The summed E-state index contributed by atoms with van der Waals surface area (Å²) in [5, 5.41) is 0. The first-order valence-corrected chi connectivity index (χ1v) is 8.45. The maximum atomic E-state index is 12.1. The van der Waals surface area contributed by atoms with E-state index in [4.69, 9.17) is 0 Å². The standard InChI is InChI=1S/C19H26N2O/c1-3-19(22)21-17-9-10-18(21)14-20(13-17)12-11-15(2)16-7-5-4-6-8-16/h4-8,17-18H,2-3,9-14H2,1H3. The van der Waals surface area contributed by atoms with Crippen molar-refractivity contribution >= 4 is 11.5 Å². The van der Waals surface area contributed by atoms with Gasteiger partial charge >= 0.3 is 0 Å². The van der Waals surface area contributed by atoms with Crippen LogP contribution in [0.4, 0.5) is 0 Å². The molecule has 118 valence electrons. The van der Waals surface area contributed by atoms with Crippen molar-refractivity contribution in [3.05, 3.63) is 42.5 Å². The van der Waals surface area contributed by atoms with Crippen LogP contribution in [0.25, 0.3) is 5.57 Å². The van der Waals surface area contributed by atoms with Gasteiger partial charge < -0.3 is 4.90 Å². The zero-order valence-electron chi connectivity index (χ0n) is 13.5. The van der Waals surface area contributed by atoms with Crippen LogP contribution in [0.3, 0.4) is 0 Å². The Morgan fingerprint density at radius 3 is 2.41 bits per heavy atom. The van der Waals surface area contributed by atoms with Crippen LogP contribution >= 0.6 is 0 Å². The Morgan fingerprint density at radius 1 is 1.18 bits per heavy atom. The highest BCUT2D eigenvalue weighted by Gasteiger charge is 2.41. The minimum absolute atomic E-state index is 0.334. The Labute approximate surface area is 133 Å². The average molecular weight is 298 g/mol. The normalized spacial score (nSPS) is 24.5. The van der Waals surface area contributed by atoms with E-state index in [1.807, 2.05) is 13.0 Å². The van der Waals surface area contributed by atoms with E-state index in [1.165, 1.54) is 24.0 Å². The first kappa shape index (κ1) is 15.3. The van der Waals surface area contributed by atoms with Crippen LogP contribution in [0.1, 0.15) is 38.2 Å². The van der Waals surface area contributed by atoms with Crippen molar-refractivity contribution in [1.29, 1.82) is 0 Å². The number of amides is 1. The van der Waals surface area contributed by atoms with Crippen LogP contribution in [0, 0.1) is 0 Å². The van der Waals surface area contributed by atoms with E-state index >= 15 is 0 Å². The summed E-state index contributed by atoms with van der Waals surface area (Å²) >= 11 is 0. The first-order valence-electron chi connectivity index (χ1n) is 8.45. The smallest absolute Gasteiger partial charge is 0.222 e. The number of rotatable bonds is 5. The average Bonchev–Trinajstić information content (AvgIpc) is 2.83. The topological polar surface area (TPSA) is 23.6 Å². The van der Waals surface area contributed by atoms with Gasteiger partial charge in [0.05, 0.1) is 0 Å². The van der Waals surface area contributed by atoms with Crippen LogP contribution in [-0.4, -0.2) is 47.4 Å². The summed E-state index contributed by atoms with van der Waals surface area (Å²) in [6.45, 7) is 9.31. The highest BCUT2D eigenvalue weighted by atomic mass is 16.2. The SMILES string of the molecule is C=C(CCN1CC2CCC(C1)N2C(=O)CC)c1ccccc1. The third-order valence-electron chi connectivity index (χ3n) is 5.06. The van der Waals surface area contributed by atoms with Crippen LogP contribution in [-0.2, 0) is 4.79 Å². The number of carbonyl (C=O) groups is 1. The molecular weight excluding hydrogens is 272 g/mol. The summed E-state index contributed by atoms with van der Waals surface area (Å²) < 4.78 is 0. The summed E-state index contributed by atoms with van der Waals surface area (Å²) in [6, 6.07) is 11.3. The molecule has 0 saturated carbocycles. The predicted octanol–water partition coefficient (Wildman–Crippen LogP) is 3.18. The van der Waals surface area contributed by atoms with Crippen molar-refractivity contribution in [2.75, 3.05) is 19.6 Å². The van der Waals surface area contributed by atoms with Gasteiger partial charge in [0, 0.05) is 38.1 Å². The molecule has 0 spiro atoms. The molecule has 0 aliphatic carbocycles. The maximum absolute atomic E-state index is 12.1. The van der Waals surface area contributed by atoms with Gasteiger partial charge in [0.1, 0.15) is 0 Å². The Kier molecular flexibility index (Phi) is 4.63. The summed E-state index contributed by atoms with van der Waals surface area (Å²) in [7, 11) is 0. The number of carbonyl (C=O) groups excluding carboxylic acids is 1. The monoisotopic (exact) mass is 298 g/mol. The molecule has 0 radical (unpaired) electrons. The second kappa shape index (κ2) is 6.66.